The van der Waals surface area contributed by atoms with Gasteiger partial charge in [-0.05, 0) is 30.7 Å². The third-order valence-corrected chi connectivity index (χ3v) is 3.86. The van der Waals surface area contributed by atoms with Crippen LogP contribution in [-0.4, -0.2) is 45.0 Å². The van der Waals surface area contributed by atoms with Crippen molar-refractivity contribution < 1.29 is 14.2 Å². The number of benzene rings is 1. The van der Waals surface area contributed by atoms with E-state index in [4.69, 9.17) is 14.2 Å². The molecule has 3 rings (SSSR count). The molecule has 1 fully saturated rings. The van der Waals surface area contributed by atoms with Gasteiger partial charge in [0.2, 0.25) is 12.5 Å². The van der Waals surface area contributed by atoms with Crippen LogP contribution in [-0.2, 0) is 0 Å². The van der Waals surface area contributed by atoms with Gasteiger partial charge >= 0.3 is 0 Å². The maximum absolute atomic E-state index is 9.61. The first-order valence-electron chi connectivity index (χ1n) is 7.15. The topological polar surface area (TPSA) is 66.8 Å². The van der Waals surface area contributed by atoms with E-state index in [1.165, 1.54) is 0 Å². The minimum absolute atomic E-state index is 0.194. The summed E-state index contributed by atoms with van der Waals surface area (Å²) in [6, 6.07) is 5.87. The van der Waals surface area contributed by atoms with Gasteiger partial charge in [0, 0.05) is 19.6 Å². The molecule has 6 heteroatoms. The predicted octanol–water partition coefficient (Wildman–Crippen LogP) is 1.28. The van der Waals surface area contributed by atoms with Crippen LogP contribution in [0.15, 0.2) is 12.1 Å². The van der Waals surface area contributed by atoms with E-state index in [-0.39, 0.29) is 12.8 Å². The summed E-state index contributed by atoms with van der Waals surface area (Å²) in [7, 11) is 1.60. The van der Waals surface area contributed by atoms with Gasteiger partial charge in [-0.2, -0.15) is 5.26 Å². The zero-order valence-electron chi connectivity index (χ0n) is 12.1. The Labute approximate surface area is 124 Å². The minimum Gasteiger partial charge on any atom is -0.493 e. The van der Waals surface area contributed by atoms with Gasteiger partial charge in [-0.25, -0.2) is 0 Å². The molecule has 2 aliphatic rings. The largest absolute Gasteiger partial charge is 0.493 e. The Morgan fingerprint density at radius 1 is 1.33 bits per heavy atom. The summed E-state index contributed by atoms with van der Waals surface area (Å²) in [6.07, 6.45) is 1.04. The molecular weight excluding hydrogens is 270 g/mol. The van der Waals surface area contributed by atoms with Gasteiger partial charge in [0.1, 0.15) is 6.04 Å². The molecule has 0 bridgehead atoms. The van der Waals surface area contributed by atoms with Crippen molar-refractivity contribution in [2.24, 2.45) is 0 Å². The van der Waals surface area contributed by atoms with E-state index in [1.54, 1.807) is 7.11 Å². The second kappa shape index (κ2) is 6.20. The van der Waals surface area contributed by atoms with E-state index in [2.05, 4.69) is 16.3 Å². The summed E-state index contributed by atoms with van der Waals surface area (Å²) < 4.78 is 16.2. The Hall–Kier alpha value is -1.97. The molecule has 0 aliphatic carbocycles. The number of nitrogens with one attached hydrogen (secondary N) is 1. The molecule has 1 aromatic rings. The van der Waals surface area contributed by atoms with Crippen molar-refractivity contribution >= 4 is 0 Å². The quantitative estimate of drug-likeness (QED) is 0.904. The maximum Gasteiger partial charge on any atom is 0.231 e. The van der Waals surface area contributed by atoms with Gasteiger partial charge < -0.3 is 19.5 Å². The highest BCUT2D eigenvalue weighted by molar-refractivity contribution is 5.56. The average molecular weight is 289 g/mol. The van der Waals surface area contributed by atoms with E-state index in [9.17, 15) is 5.26 Å². The molecule has 2 heterocycles. The Bertz CT molecular complexity index is 548. The number of methoxy groups -OCH3 is 1. The molecule has 1 unspecified atom stereocenters. The summed E-state index contributed by atoms with van der Waals surface area (Å²) in [6.45, 7) is 3.86. The Balaban J connectivity index is 1.92. The predicted molar refractivity (Wildman–Crippen MR) is 76.5 cm³/mol. The molecule has 2 aliphatic heterocycles. The SMILES string of the molecule is COc1cc(C(C#N)N2CCCNCC2)cc2c1OCO2. The van der Waals surface area contributed by atoms with Crippen LogP contribution in [0.2, 0.25) is 0 Å². The van der Waals surface area contributed by atoms with Crippen LogP contribution >= 0.6 is 0 Å². The number of nitrogens with zero attached hydrogens (tertiary/aromatic N) is 2. The van der Waals surface area contributed by atoms with Gasteiger partial charge in [-0.1, -0.05) is 0 Å². The summed E-state index contributed by atoms with van der Waals surface area (Å²) in [5.41, 5.74) is 0.889. The molecule has 1 aromatic carbocycles. The lowest BCUT2D eigenvalue weighted by Crippen LogP contribution is -2.31. The first-order valence-corrected chi connectivity index (χ1v) is 7.15. The van der Waals surface area contributed by atoms with E-state index in [0.717, 1.165) is 38.2 Å². The molecule has 1 atom stereocenters. The summed E-state index contributed by atoms with van der Waals surface area (Å²) in [4.78, 5) is 2.19. The highest BCUT2D eigenvalue weighted by Crippen LogP contribution is 2.43. The van der Waals surface area contributed by atoms with Crippen molar-refractivity contribution in [1.82, 2.24) is 10.2 Å². The first-order chi connectivity index (χ1) is 10.3. The van der Waals surface area contributed by atoms with Crippen molar-refractivity contribution in [3.8, 4) is 23.3 Å². The van der Waals surface area contributed by atoms with Crippen LogP contribution in [0.1, 0.15) is 18.0 Å². The number of nitriles is 1. The van der Waals surface area contributed by atoms with Crippen LogP contribution in [0.3, 0.4) is 0 Å². The Morgan fingerprint density at radius 3 is 3.05 bits per heavy atom. The number of hydrogen-bond acceptors (Lipinski definition) is 6. The van der Waals surface area contributed by atoms with Crippen molar-refractivity contribution in [1.29, 1.82) is 5.26 Å². The van der Waals surface area contributed by atoms with Gasteiger partial charge in [-0.3, -0.25) is 4.90 Å². The molecule has 6 nitrogen and oxygen atoms in total. The smallest absolute Gasteiger partial charge is 0.231 e. The van der Waals surface area contributed by atoms with Gasteiger partial charge in [0.25, 0.3) is 0 Å². The fraction of sp³-hybridized carbons (Fsp3) is 0.533. The highest BCUT2D eigenvalue weighted by Gasteiger charge is 2.26. The molecule has 1 saturated heterocycles. The summed E-state index contributed by atoms with van der Waals surface area (Å²) >= 11 is 0. The second-order valence-electron chi connectivity index (χ2n) is 5.13. The lowest BCUT2D eigenvalue weighted by atomic mass is 10.0. The molecule has 0 aromatic heterocycles. The Morgan fingerprint density at radius 2 is 2.24 bits per heavy atom. The van der Waals surface area contributed by atoms with Crippen LogP contribution in [0, 0.1) is 11.3 Å². The lowest BCUT2D eigenvalue weighted by Gasteiger charge is -2.25. The molecule has 21 heavy (non-hydrogen) atoms. The van der Waals surface area contributed by atoms with Crippen LogP contribution in [0.25, 0.3) is 0 Å². The fourth-order valence-corrected chi connectivity index (χ4v) is 2.80. The average Bonchev–Trinajstić information content (AvgIpc) is 2.82. The minimum atomic E-state index is -0.298. The van der Waals surface area contributed by atoms with E-state index in [0.29, 0.717) is 17.2 Å². The van der Waals surface area contributed by atoms with Crippen molar-refractivity contribution in [3.05, 3.63) is 17.7 Å². The first kappa shape index (κ1) is 14.0. The zero-order valence-corrected chi connectivity index (χ0v) is 12.1. The molecule has 0 saturated carbocycles. The van der Waals surface area contributed by atoms with E-state index >= 15 is 0 Å². The van der Waals surface area contributed by atoms with Crippen LogP contribution in [0.5, 0.6) is 17.2 Å². The zero-order chi connectivity index (χ0) is 14.7. The molecule has 1 N–H and O–H groups in total. The maximum atomic E-state index is 9.61. The Kier molecular flexibility index (Phi) is 4.13. The van der Waals surface area contributed by atoms with Crippen molar-refractivity contribution in [2.75, 3.05) is 40.1 Å². The van der Waals surface area contributed by atoms with Gasteiger partial charge in [0.05, 0.1) is 13.2 Å². The van der Waals surface area contributed by atoms with Gasteiger partial charge in [0.15, 0.2) is 11.5 Å². The third-order valence-electron chi connectivity index (χ3n) is 3.86. The monoisotopic (exact) mass is 289 g/mol. The van der Waals surface area contributed by atoms with E-state index < -0.39 is 0 Å². The molecule has 112 valence electrons. The second-order valence-corrected chi connectivity index (χ2v) is 5.13. The standard InChI is InChI=1S/C15H19N3O3/c1-19-13-7-11(8-14-15(13)21-10-20-14)12(9-16)18-5-2-3-17-4-6-18/h7-8,12,17H,2-6,10H2,1H3. The van der Waals surface area contributed by atoms with Crippen LogP contribution < -0.4 is 19.5 Å². The molecule has 0 radical (unpaired) electrons. The number of ether oxygens (including phenoxy) is 3. The van der Waals surface area contributed by atoms with Crippen molar-refractivity contribution in [2.45, 2.75) is 12.5 Å². The lowest BCUT2D eigenvalue weighted by molar-refractivity contribution is 0.171. The van der Waals surface area contributed by atoms with E-state index in [1.807, 2.05) is 12.1 Å². The van der Waals surface area contributed by atoms with Gasteiger partial charge in [-0.15, -0.1) is 0 Å². The third kappa shape index (κ3) is 2.75. The summed E-state index contributed by atoms with van der Waals surface area (Å²) in [5, 5.41) is 13.0. The molecule has 0 amide bonds. The summed E-state index contributed by atoms with van der Waals surface area (Å²) in [5.74, 6) is 1.89. The number of rotatable bonds is 3. The highest BCUT2D eigenvalue weighted by atomic mass is 16.7. The number of fused-ring (bicyclic) bond motifs is 1. The normalized spacial score (nSPS) is 19.6. The van der Waals surface area contributed by atoms with Crippen LogP contribution in [0.4, 0.5) is 0 Å². The number of hydrogen-bond donors (Lipinski definition) is 1. The fourth-order valence-electron chi connectivity index (χ4n) is 2.80. The van der Waals surface area contributed by atoms with Crippen molar-refractivity contribution in [3.63, 3.8) is 0 Å². The molecular formula is C15H19N3O3. The molecule has 0 spiro atoms.